The molecule has 28 heavy (non-hydrogen) atoms. The number of allylic oxidation sites excluding steroid dienone is 1. The maximum absolute atomic E-state index is 10.5. The molecule has 0 aliphatic heterocycles. The van der Waals surface area contributed by atoms with Crippen molar-refractivity contribution in [3.05, 3.63) is 94.0 Å². The number of rotatable bonds is 6. The van der Waals surface area contributed by atoms with Crippen molar-refractivity contribution in [2.24, 2.45) is 0 Å². The number of hydrogen-bond donors (Lipinski definition) is 2. The predicted octanol–water partition coefficient (Wildman–Crippen LogP) is 6.45. The second-order valence-corrected chi connectivity index (χ2v) is 7.49. The molecule has 0 saturated carbocycles. The Hall–Kier alpha value is -3.00. The highest BCUT2D eigenvalue weighted by Crippen LogP contribution is 2.34. The summed E-state index contributed by atoms with van der Waals surface area (Å²) in [5.74, 6) is 0.325. The Kier molecular flexibility index (Phi) is 6.20. The van der Waals surface area contributed by atoms with E-state index in [2.05, 4.69) is 68.5 Å². The standard InChI is InChI=1S/C26H28O2/c1-4-5-24-25(27)16-23(17-26(24)28)22(14-20-10-6-18(2)7-11-20)15-21-12-8-19(3)9-13-21/h6-14,16-17,27-28H,4-5,15H2,1-3H3. The molecule has 2 nitrogen and oxygen atoms in total. The molecule has 0 fully saturated rings. The van der Waals surface area contributed by atoms with Crippen LogP contribution in [0.15, 0.2) is 60.7 Å². The predicted molar refractivity (Wildman–Crippen MR) is 118 cm³/mol. The molecule has 0 aliphatic rings. The molecular formula is C26H28O2. The molecule has 0 saturated heterocycles. The fraction of sp³-hybridized carbons (Fsp3) is 0.231. The first-order valence-corrected chi connectivity index (χ1v) is 9.84. The third-order valence-electron chi connectivity index (χ3n) is 5.01. The van der Waals surface area contributed by atoms with Gasteiger partial charge in [-0.1, -0.05) is 79.1 Å². The van der Waals surface area contributed by atoms with Gasteiger partial charge >= 0.3 is 0 Å². The van der Waals surface area contributed by atoms with Crippen LogP contribution in [-0.2, 0) is 12.8 Å². The molecule has 0 unspecified atom stereocenters. The molecule has 0 aromatic heterocycles. The van der Waals surface area contributed by atoms with Gasteiger partial charge in [0.05, 0.1) is 0 Å². The number of phenols is 2. The highest BCUT2D eigenvalue weighted by molar-refractivity contribution is 5.84. The summed E-state index contributed by atoms with van der Waals surface area (Å²) < 4.78 is 0. The van der Waals surface area contributed by atoms with Gasteiger partial charge in [-0.2, -0.15) is 0 Å². The first-order chi connectivity index (χ1) is 13.5. The van der Waals surface area contributed by atoms with Gasteiger partial charge in [-0.25, -0.2) is 0 Å². The van der Waals surface area contributed by atoms with Crippen LogP contribution in [0, 0.1) is 13.8 Å². The van der Waals surface area contributed by atoms with Gasteiger partial charge in [-0.15, -0.1) is 0 Å². The number of hydrogen-bond acceptors (Lipinski definition) is 2. The average molecular weight is 373 g/mol. The Morgan fingerprint density at radius 2 is 1.36 bits per heavy atom. The zero-order valence-electron chi connectivity index (χ0n) is 16.9. The van der Waals surface area contributed by atoms with Gasteiger partial charge in [0.25, 0.3) is 0 Å². The largest absolute Gasteiger partial charge is 0.508 e. The topological polar surface area (TPSA) is 40.5 Å². The first-order valence-electron chi connectivity index (χ1n) is 9.84. The first kappa shape index (κ1) is 19.8. The average Bonchev–Trinajstić information content (AvgIpc) is 2.67. The van der Waals surface area contributed by atoms with Crippen molar-refractivity contribution in [1.82, 2.24) is 0 Å². The number of aryl methyl sites for hydroxylation is 2. The van der Waals surface area contributed by atoms with E-state index in [9.17, 15) is 10.2 Å². The van der Waals surface area contributed by atoms with E-state index in [-0.39, 0.29) is 11.5 Å². The second-order valence-electron chi connectivity index (χ2n) is 7.49. The van der Waals surface area contributed by atoms with E-state index in [1.165, 1.54) is 16.7 Å². The van der Waals surface area contributed by atoms with Crippen LogP contribution in [0.2, 0.25) is 0 Å². The minimum Gasteiger partial charge on any atom is -0.508 e. The van der Waals surface area contributed by atoms with Crippen molar-refractivity contribution in [3.8, 4) is 11.5 Å². The molecule has 3 aromatic carbocycles. The van der Waals surface area contributed by atoms with Crippen molar-refractivity contribution in [2.75, 3.05) is 0 Å². The minimum atomic E-state index is 0.163. The fourth-order valence-corrected chi connectivity index (χ4v) is 3.36. The van der Waals surface area contributed by atoms with E-state index < -0.39 is 0 Å². The number of aromatic hydroxyl groups is 2. The SMILES string of the molecule is CCCc1c(O)cc(C(=Cc2ccc(C)cc2)Cc2ccc(C)cc2)cc1O. The fourth-order valence-electron chi connectivity index (χ4n) is 3.36. The van der Waals surface area contributed by atoms with Crippen molar-refractivity contribution in [1.29, 1.82) is 0 Å². The third kappa shape index (κ3) is 4.83. The molecule has 0 aliphatic carbocycles. The van der Waals surface area contributed by atoms with Gasteiger partial charge in [0, 0.05) is 5.56 Å². The molecule has 2 heteroatoms. The third-order valence-corrected chi connectivity index (χ3v) is 5.01. The van der Waals surface area contributed by atoms with Gasteiger partial charge in [0.2, 0.25) is 0 Å². The molecule has 3 aromatic rings. The normalized spacial score (nSPS) is 11.6. The van der Waals surface area contributed by atoms with Crippen LogP contribution >= 0.6 is 0 Å². The van der Waals surface area contributed by atoms with Gasteiger partial charge in [-0.05, 0) is 61.1 Å². The van der Waals surface area contributed by atoms with E-state index in [1.54, 1.807) is 12.1 Å². The Balaban J connectivity index is 2.05. The lowest BCUT2D eigenvalue weighted by Gasteiger charge is -2.13. The lowest BCUT2D eigenvalue weighted by Crippen LogP contribution is -1.94. The highest BCUT2D eigenvalue weighted by Gasteiger charge is 2.12. The van der Waals surface area contributed by atoms with Crippen molar-refractivity contribution in [3.63, 3.8) is 0 Å². The van der Waals surface area contributed by atoms with E-state index in [4.69, 9.17) is 0 Å². The van der Waals surface area contributed by atoms with Crippen LogP contribution in [0.25, 0.3) is 11.6 Å². The van der Waals surface area contributed by atoms with Gasteiger partial charge in [-0.3, -0.25) is 0 Å². The van der Waals surface area contributed by atoms with Crippen LogP contribution in [-0.4, -0.2) is 10.2 Å². The Morgan fingerprint density at radius 1 is 0.821 bits per heavy atom. The summed E-state index contributed by atoms with van der Waals surface area (Å²) >= 11 is 0. The molecule has 0 radical (unpaired) electrons. The lowest BCUT2D eigenvalue weighted by atomic mass is 9.93. The molecule has 144 valence electrons. The van der Waals surface area contributed by atoms with Crippen molar-refractivity contribution < 1.29 is 10.2 Å². The molecule has 0 spiro atoms. The van der Waals surface area contributed by atoms with Crippen LogP contribution in [0.4, 0.5) is 0 Å². The summed E-state index contributed by atoms with van der Waals surface area (Å²) in [4.78, 5) is 0. The van der Waals surface area contributed by atoms with Crippen LogP contribution in [0.3, 0.4) is 0 Å². The zero-order chi connectivity index (χ0) is 20.1. The highest BCUT2D eigenvalue weighted by atomic mass is 16.3. The minimum absolute atomic E-state index is 0.163. The summed E-state index contributed by atoms with van der Waals surface area (Å²) in [6.45, 7) is 6.19. The van der Waals surface area contributed by atoms with Crippen molar-refractivity contribution in [2.45, 2.75) is 40.0 Å². The number of phenolic OH excluding ortho intramolecular Hbond substituents is 2. The van der Waals surface area contributed by atoms with E-state index in [0.29, 0.717) is 12.0 Å². The maximum Gasteiger partial charge on any atom is 0.123 e. The molecule has 0 bridgehead atoms. The van der Waals surface area contributed by atoms with Crippen LogP contribution in [0.1, 0.15) is 46.7 Å². The van der Waals surface area contributed by atoms with Crippen LogP contribution < -0.4 is 0 Å². The summed E-state index contributed by atoms with van der Waals surface area (Å²) in [5.41, 5.74) is 7.27. The zero-order valence-corrected chi connectivity index (χ0v) is 16.9. The van der Waals surface area contributed by atoms with Gasteiger partial charge in [0.1, 0.15) is 11.5 Å². The molecule has 2 N–H and O–H groups in total. The van der Waals surface area contributed by atoms with Crippen LogP contribution in [0.5, 0.6) is 11.5 Å². The Bertz CT molecular complexity index is 941. The monoisotopic (exact) mass is 372 g/mol. The van der Waals surface area contributed by atoms with E-state index in [1.807, 2.05) is 6.92 Å². The molecule has 0 atom stereocenters. The maximum atomic E-state index is 10.5. The molecule has 3 rings (SSSR count). The number of benzene rings is 3. The van der Waals surface area contributed by atoms with E-state index >= 15 is 0 Å². The van der Waals surface area contributed by atoms with Gasteiger partial charge in [0.15, 0.2) is 0 Å². The molecule has 0 amide bonds. The quantitative estimate of drug-likeness (QED) is 0.488. The van der Waals surface area contributed by atoms with Gasteiger partial charge < -0.3 is 10.2 Å². The Morgan fingerprint density at radius 3 is 1.89 bits per heavy atom. The second kappa shape index (κ2) is 8.79. The Labute approximate surface area is 167 Å². The van der Waals surface area contributed by atoms with E-state index in [0.717, 1.165) is 29.5 Å². The lowest BCUT2D eigenvalue weighted by molar-refractivity contribution is 0.437. The molecular weight excluding hydrogens is 344 g/mol. The van der Waals surface area contributed by atoms with Crippen molar-refractivity contribution >= 4 is 11.6 Å². The molecule has 0 heterocycles. The smallest absolute Gasteiger partial charge is 0.123 e. The summed E-state index contributed by atoms with van der Waals surface area (Å²) in [6, 6.07) is 20.4. The summed E-state index contributed by atoms with van der Waals surface area (Å²) in [5, 5.41) is 20.9. The summed E-state index contributed by atoms with van der Waals surface area (Å²) in [6.07, 6.45) is 4.38. The summed E-state index contributed by atoms with van der Waals surface area (Å²) in [7, 11) is 0.